The molecule has 2 N–H and O–H groups in total. The Balaban J connectivity index is 2.43. The van der Waals surface area contributed by atoms with Crippen LogP contribution in [0, 0.1) is 5.92 Å². The minimum absolute atomic E-state index is 0.0649. The molecule has 1 heterocycles. The summed E-state index contributed by atoms with van der Waals surface area (Å²) in [5.41, 5.74) is 0. The highest BCUT2D eigenvalue weighted by Crippen LogP contribution is 2.15. The molecule has 6 nitrogen and oxygen atoms in total. The summed E-state index contributed by atoms with van der Waals surface area (Å²) in [5.74, 6) is -0.481. The number of furan rings is 1. The van der Waals surface area contributed by atoms with Gasteiger partial charge in [-0.1, -0.05) is 13.8 Å². The molecular weight excluding hydrogens is 328 g/mol. The van der Waals surface area contributed by atoms with Crippen LogP contribution in [0.25, 0.3) is 0 Å². The van der Waals surface area contributed by atoms with Crippen LogP contribution in [-0.4, -0.2) is 48.1 Å². The summed E-state index contributed by atoms with van der Waals surface area (Å²) >= 11 is 3.11. The van der Waals surface area contributed by atoms with Gasteiger partial charge in [-0.15, -0.1) is 0 Å². The van der Waals surface area contributed by atoms with E-state index in [9.17, 15) is 14.7 Å². The summed E-state index contributed by atoms with van der Waals surface area (Å²) in [6, 6.07) is 3.14. The molecule has 1 rings (SSSR count). The van der Waals surface area contributed by atoms with E-state index in [1.165, 1.54) is 18.0 Å². The number of hydrogen-bond acceptors (Lipinski definition) is 4. The van der Waals surface area contributed by atoms with Gasteiger partial charge in [0.15, 0.2) is 10.4 Å². The van der Waals surface area contributed by atoms with E-state index in [-0.39, 0.29) is 36.6 Å². The molecule has 0 saturated carbocycles. The molecule has 7 heteroatoms. The number of rotatable bonds is 6. The van der Waals surface area contributed by atoms with Crippen molar-refractivity contribution in [1.82, 2.24) is 10.2 Å². The minimum atomic E-state index is -0.596. The van der Waals surface area contributed by atoms with E-state index in [0.717, 1.165) is 0 Å². The van der Waals surface area contributed by atoms with Crippen LogP contribution >= 0.6 is 15.9 Å². The first-order valence-electron chi connectivity index (χ1n) is 6.26. The summed E-state index contributed by atoms with van der Waals surface area (Å²) in [7, 11) is 1.51. The number of carbonyl (C=O) groups is 2. The number of amides is 2. The van der Waals surface area contributed by atoms with E-state index in [1.54, 1.807) is 6.07 Å². The standard InChI is InChI=1S/C13H19BrN2O4/c1-8(2)9(17)6-15-12(18)7-16(3)13(19)10-4-5-11(14)20-10/h4-5,8-9,17H,6-7H2,1-3H3,(H,15,18). The lowest BCUT2D eigenvalue weighted by Gasteiger charge is -2.18. The van der Waals surface area contributed by atoms with Crippen LogP contribution in [0.1, 0.15) is 24.4 Å². The maximum absolute atomic E-state index is 11.9. The molecule has 0 aliphatic heterocycles. The van der Waals surface area contributed by atoms with Crippen molar-refractivity contribution in [3.63, 3.8) is 0 Å². The van der Waals surface area contributed by atoms with Gasteiger partial charge in [0.1, 0.15) is 0 Å². The van der Waals surface area contributed by atoms with Crippen molar-refractivity contribution in [2.45, 2.75) is 20.0 Å². The number of hydrogen-bond donors (Lipinski definition) is 2. The number of nitrogens with zero attached hydrogens (tertiary/aromatic N) is 1. The molecule has 112 valence electrons. The Morgan fingerprint density at radius 1 is 1.45 bits per heavy atom. The van der Waals surface area contributed by atoms with Crippen LogP contribution in [0.2, 0.25) is 0 Å². The average Bonchev–Trinajstić information content (AvgIpc) is 2.81. The van der Waals surface area contributed by atoms with Crippen molar-refractivity contribution in [1.29, 1.82) is 0 Å². The number of aliphatic hydroxyl groups is 1. The summed E-state index contributed by atoms with van der Waals surface area (Å²) in [4.78, 5) is 24.8. The zero-order valence-corrected chi connectivity index (χ0v) is 13.3. The fourth-order valence-electron chi connectivity index (χ4n) is 1.41. The van der Waals surface area contributed by atoms with Crippen molar-refractivity contribution < 1.29 is 19.1 Å². The van der Waals surface area contributed by atoms with Gasteiger partial charge in [-0.3, -0.25) is 9.59 Å². The first-order chi connectivity index (χ1) is 9.31. The molecule has 0 spiro atoms. The van der Waals surface area contributed by atoms with Crippen LogP contribution in [0.4, 0.5) is 0 Å². The van der Waals surface area contributed by atoms with Gasteiger partial charge in [0.25, 0.3) is 5.91 Å². The maximum Gasteiger partial charge on any atom is 0.289 e. The largest absolute Gasteiger partial charge is 0.444 e. The van der Waals surface area contributed by atoms with Gasteiger partial charge in [0.05, 0.1) is 12.6 Å². The number of aliphatic hydroxyl groups excluding tert-OH is 1. The fourth-order valence-corrected chi connectivity index (χ4v) is 1.72. The monoisotopic (exact) mass is 346 g/mol. The third kappa shape index (κ3) is 4.97. The van der Waals surface area contributed by atoms with E-state index in [2.05, 4.69) is 21.2 Å². The average molecular weight is 347 g/mol. The molecule has 0 fully saturated rings. The number of carbonyl (C=O) groups excluding carboxylic acids is 2. The van der Waals surface area contributed by atoms with Gasteiger partial charge in [-0.05, 0) is 34.0 Å². The second kappa shape index (κ2) is 7.44. The molecule has 0 aliphatic carbocycles. The lowest BCUT2D eigenvalue weighted by molar-refractivity contribution is -0.122. The number of nitrogens with one attached hydrogen (secondary N) is 1. The van der Waals surface area contributed by atoms with Gasteiger partial charge in [-0.2, -0.15) is 0 Å². The van der Waals surface area contributed by atoms with Crippen molar-refractivity contribution >= 4 is 27.7 Å². The predicted octanol–water partition coefficient (Wildman–Crippen LogP) is 1.25. The van der Waals surface area contributed by atoms with Crippen LogP contribution in [0.3, 0.4) is 0 Å². The zero-order chi connectivity index (χ0) is 15.3. The van der Waals surface area contributed by atoms with Crippen LogP contribution in [0.5, 0.6) is 0 Å². The van der Waals surface area contributed by atoms with Crippen molar-refractivity contribution in [2.75, 3.05) is 20.1 Å². The number of halogens is 1. The van der Waals surface area contributed by atoms with E-state index in [0.29, 0.717) is 4.67 Å². The Morgan fingerprint density at radius 2 is 2.10 bits per heavy atom. The van der Waals surface area contributed by atoms with Crippen molar-refractivity contribution in [3.05, 3.63) is 22.6 Å². The normalized spacial score (nSPS) is 12.3. The van der Waals surface area contributed by atoms with E-state index in [1.807, 2.05) is 13.8 Å². The van der Waals surface area contributed by atoms with Gasteiger partial charge < -0.3 is 19.7 Å². The Kier molecular flexibility index (Phi) is 6.22. The first-order valence-corrected chi connectivity index (χ1v) is 7.06. The maximum atomic E-state index is 11.9. The third-order valence-electron chi connectivity index (χ3n) is 2.79. The van der Waals surface area contributed by atoms with Crippen LogP contribution in [0.15, 0.2) is 21.2 Å². The molecule has 20 heavy (non-hydrogen) atoms. The smallest absolute Gasteiger partial charge is 0.289 e. The topological polar surface area (TPSA) is 82.8 Å². The van der Waals surface area contributed by atoms with E-state index < -0.39 is 6.10 Å². The minimum Gasteiger partial charge on any atom is -0.444 e. The molecule has 0 aromatic carbocycles. The summed E-state index contributed by atoms with van der Waals surface area (Å²) in [6.45, 7) is 3.80. The van der Waals surface area contributed by atoms with E-state index >= 15 is 0 Å². The van der Waals surface area contributed by atoms with Crippen LogP contribution in [-0.2, 0) is 4.79 Å². The summed E-state index contributed by atoms with van der Waals surface area (Å²) < 4.78 is 5.59. The molecule has 0 saturated heterocycles. The second-order valence-electron chi connectivity index (χ2n) is 4.88. The van der Waals surface area contributed by atoms with Gasteiger partial charge in [0, 0.05) is 13.6 Å². The highest BCUT2D eigenvalue weighted by Gasteiger charge is 2.18. The molecule has 1 aromatic rings. The first kappa shape index (κ1) is 16.7. The zero-order valence-electron chi connectivity index (χ0n) is 11.7. The second-order valence-corrected chi connectivity index (χ2v) is 5.66. The van der Waals surface area contributed by atoms with Gasteiger partial charge in [-0.25, -0.2) is 0 Å². The fraction of sp³-hybridized carbons (Fsp3) is 0.538. The Hall–Kier alpha value is -1.34. The highest BCUT2D eigenvalue weighted by molar-refractivity contribution is 9.10. The third-order valence-corrected chi connectivity index (χ3v) is 3.22. The van der Waals surface area contributed by atoms with Crippen LogP contribution < -0.4 is 5.32 Å². The molecule has 1 aromatic heterocycles. The molecule has 0 bridgehead atoms. The molecule has 1 atom stereocenters. The Bertz CT molecular complexity index is 473. The lowest BCUT2D eigenvalue weighted by Crippen LogP contribution is -2.41. The molecular formula is C13H19BrN2O4. The van der Waals surface area contributed by atoms with E-state index in [4.69, 9.17) is 4.42 Å². The predicted molar refractivity (Wildman–Crippen MR) is 77.2 cm³/mol. The van der Waals surface area contributed by atoms with Crippen molar-refractivity contribution in [2.24, 2.45) is 5.92 Å². The lowest BCUT2D eigenvalue weighted by atomic mass is 10.1. The van der Waals surface area contributed by atoms with Gasteiger partial charge >= 0.3 is 0 Å². The molecule has 1 unspecified atom stereocenters. The Morgan fingerprint density at radius 3 is 2.60 bits per heavy atom. The Labute approximate surface area is 126 Å². The highest BCUT2D eigenvalue weighted by atomic mass is 79.9. The SMILES string of the molecule is CC(C)C(O)CNC(=O)CN(C)C(=O)c1ccc(Br)o1. The molecule has 2 amide bonds. The van der Waals surface area contributed by atoms with Crippen molar-refractivity contribution in [3.8, 4) is 0 Å². The summed E-state index contributed by atoms with van der Waals surface area (Å²) in [6.07, 6.45) is -0.596. The van der Waals surface area contributed by atoms with Gasteiger partial charge in [0.2, 0.25) is 5.91 Å². The summed E-state index contributed by atoms with van der Waals surface area (Å²) in [5, 5.41) is 12.2. The quantitative estimate of drug-likeness (QED) is 0.811. The molecule has 0 aliphatic rings. The number of likely N-dealkylation sites (N-methyl/N-ethyl adjacent to an activating group) is 1. The molecule has 0 radical (unpaired) electrons.